The predicted octanol–water partition coefficient (Wildman–Crippen LogP) is 3.44. The van der Waals surface area contributed by atoms with E-state index in [1.807, 2.05) is 25.2 Å². The van der Waals surface area contributed by atoms with E-state index in [0.717, 1.165) is 10.9 Å². The van der Waals surface area contributed by atoms with E-state index in [9.17, 15) is 9.59 Å². The van der Waals surface area contributed by atoms with Gasteiger partial charge in [0.2, 0.25) is 0 Å². The van der Waals surface area contributed by atoms with Gasteiger partial charge in [-0.15, -0.1) is 0 Å². The number of carbonyl (C=O) groups is 2. The van der Waals surface area contributed by atoms with E-state index < -0.39 is 0 Å². The maximum atomic E-state index is 12.6. The smallest absolute Gasteiger partial charge is 0.272 e. The zero-order valence-electron chi connectivity index (χ0n) is 13.3. The van der Waals surface area contributed by atoms with E-state index in [-0.39, 0.29) is 11.8 Å². The monoisotopic (exact) mass is 341 g/mol. The van der Waals surface area contributed by atoms with Gasteiger partial charge in [0, 0.05) is 41.3 Å². The third-order valence-electron chi connectivity index (χ3n) is 3.85. The van der Waals surface area contributed by atoms with Gasteiger partial charge in [-0.3, -0.25) is 9.59 Å². The van der Waals surface area contributed by atoms with Crippen LogP contribution in [0.25, 0.3) is 10.9 Å². The van der Waals surface area contributed by atoms with Gasteiger partial charge in [0.15, 0.2) is 0 Å². The molecular weight excluding hydrogens is 326 g/mol. The van der Waals surface area contributed by atoms with Crippen molar-refractivity contribution in [2.75, 3.05) is 12.4 Å². The normalized spacial score (nSPS) is 10.6. The number of hydrogen-bond donors (Lipinski definition) is 2. The van der Waals surface area contributed by atoms with Gasteiger partial charge in [-0.1, -0.05) is 23.7 Å². The van der Waals surface area contributed by atoms with Crippen molar-refractivity contribution in [3.05, 3.63) is 64.8 Å². The number of amides is 2. The Hall–Kier alpha value is -2.79. The van der Waals surface area contributed by atoms with Crippen LogP contribution >= 0.6 is 11.6 Å². The second kappa shape index (κ2) is 6.37. The van der Waals surface area contributed by atoms with Gasteiger partial charge in [-0.2, -0.15) is 0 Å². The summed E-state index contributed by atoms with van der Waals surface area (Å²) in [4.78, 5) is 24.3. The molecule has 0 aliphatic rings. The number of carbonyl (C=O) groups excluding carboxylic acids is 2. The van der Waals surface area contributed by atoms with Crippen LogP contribution in [0.2, 0.25) is 5.02 Å². The van der Waals surface area contributed by atoms with Crippen LogP contribution in [0.3, 0.4) is 0 Å². The molecule has 6 heteroatoms. The number of fused-ring (bicyclic) bond motifs is 1. The summed E-state index contributed by atoms with van der Waals surface area (Å²) in [5.74, 6) is -0.454. The Balaban J connectivity index is 1.90. The van der Waals surface area contributed by atoms with Gasteiger partial charge in [0.05, 0.1) is 0 Å². The summed E-state index contributed by atoms with van der Waals surface area (Å²) in [5, 5.41) is 6.93. The Morgan fingerprint density at radius 3 is 2.58 bits per heavy atom. The highest BCUT2D eigenvalue weighted by Crippen LogP contribution is 2.23. The molecule has 0 aliphatic carbocycles. The standard InChI is InChI=1S/C18H16ClN3O2/c1-20-17(23)12-4-3-5-14(8-12)21-18(24)16-9-11-6-7-13(19)10-15(11)22(16)2/h3-10H,1-2H3,(H,20,23)(H,21,24). The molecule has 0 bridgehead atoms. The lowest BCUT2D eigenvalue weighted by molar-refractivity contribution is 0.0961. The number of benzene rings is 2. The summed E-state index contributed by atoms with van der Waals surface area (Å²) >= 11 is 6.02. The topological polar surface area (TPSA) is 63.1 Å². The minimum Gasteiger partial charge on any atom is -0.355 e. The molecule has 0 saturated heterocycles. The molecule has 2 amide bonds. The largest absolute Gasteiger partial charge is 0.355 e. The first kappa shape index (κ1) is 16.1. The Labute approximate surface area is 144 Å². The molecule has 1 aromatic heterocycles. The van der Waals surface area contributed by atoms with Crippen molar-refractivity contribution in [3.63, 3.8) is 0 Å². The number of nitrogens with one attached hydrogen (secondary N) is 2. The van der Waals surface area contributed by atoms with Gasteiger partial charge in [0.1, 0.15) is 5.69 Å². The molecule has 122 valence electrons. The average Bonchev–Trinajstić information content (AvgIpc) is 2.91. The Kier molecular flexibility index (Phi) is 4.27. The van der Waals surface area contributed by atoms with E-state index in [1.165, 1.54) is 0 Å². The number of hydrogen-bond acceptors (Lipinski definition) is 2. The number of halogens is 1. The summed E-state index contributed by atoms with van der Waals surface area (Å²) in [6.07, 6.45) is 0. The van der Waals surface area contributed by atoms with Crippen LogP contribution in [0.1, 0.15) is 20.8 Å². The molecule has 0 atom stereocenters. The molecule has 0 radical (unpaired) electrons. The highest BCUT2D eigenvalue weighted by atomic mass is 35.5. The number of nitrogens with zero attached hydrogens (tertiary/aromatic N) is 1. The fourth-order valence-electron chi connectivity index (χ4n) is 2.60. The van der Waals surface area contributed by atoms with Gasteiger partial charge in [-0.25, -0.2) is 0 Å². The molecule has 1 heterocycles. The van der Waals surface area contributed by atoms with E-state index in [1.54, 1.807) is 41.9 Å². The van der Waals surface area contributed by atoms with Crippen LogP contribution in [0, 0.1) is 0 Å². The van der Waals surface area contributed by atoms with E-state index in [0.29, 0.717) is 22.0 Å². The highest BCUT2D eigenvalue weighted by molar-refractivity contribution is 6.31. The molecule has 3 rings (SSSR count). The van der Waals surface area contributed by atoms with Gasteiger partial charge in [0.25, 0.3) is 11.8 Å². The van der Waals surface area contributed by atoms with Crippen molar-refractivity contribution in [2.24, 2.45) is 7.05 Å². The van der Waals surface area contributed by atoms with Crippen molar-refractivity contribution >= 4 is 40.0 Å². The van der Waals surface area contributed by atoms with Crippen molar-refractivity contribution < 1.29 is 9.59 Å². The number of aryl methyl sites for hydroxylation is 1. The van der Waals surface area contributed by atoms with Crippen LogP contribution in [0.15, 0.2) is 48.5 Å². The molecule has 2 N–H and O–H groups in total. The molecule has 0 spiro atoms. The zero-order valence-corrected chi connectivity index (χ0v) is 14.0. The maximum Gasteiger partial charge on any atom is 0.272 e. The highest BCUT2D eigenvalue weighted by Gasteiger charge is 2.14. The van der Waals surface area contributed by atoms with Crippen LogP contribution < -0.4 is 10.6 Å². The Morgan fingerprint density at radius 1 is 1.04 bits per heavy atom. The van der Waals surface area contributed by atoms with Crippen molar-refractivity contribution in [2.45, 2.75) is 0 Å². The summed E-state index contributed by atoms with van der Waals surface area (Å²) in [6.45, 7) is 0. The van der Waals surface area contributed by atoms with Crippen molar-refractivity contribution in [1.82, 2.24) is 9.88 Å². The second-order valence-corrected chi connectivity index (χ2v) is 5.84. The Bertz CT molecular complexity index is 947. The number of rotatable bonds is 3. The fourth-order valence-corrected chi connectivity index (χ4v) is 2.77. The summed E-state index contributed by atoms with van der Waals surface area (Å²) in [5.41, 5.74) is 2.44. The minimum absolute atomic E-state index is 0.203. The SMILES string of the molecule is CNC(=O)c1cccc(NC(=O)c2cc3ccc(Cl)cc3n2C)c1. The first-order chi connectivity index (χ1) is 11.5. The van der Waals surface area contributed by atoms with Gasteiger partial charge in [-0.05, 0) is 36.4 Å². The summed E-state index contributed by atoms with van der Waals surface area (Å²) in [7, 11) is 3.38. The minimum atomic E-state index is -0.251. The zero-order chi connectivity index (χ0) is 17.3. The van der Waals surface area contributed by atoms with Crippen molar-refractivity contribution in [1.29, 1.82) is 0 Å². The molecule has 0 fully saturated rings. The van der Waals surface area contributed by atoms with Gasteiger partial charge >= 0.3 is 0 Å². The van der Waals surface area contributed by atoms with Gasteiger partial charge < -0.3 is 15.2 Å². The molecular formula is C18H16ClN3O2. The molecule has 0 unspecified atom stereocenters. The third kappa shape index (κ3) is 2.98. The van der Waals surface area contributed by atoms with E-state index in [4.69, 9.17) is 11.6 Å². The molecule has 2 aromatic carbocycles. The fraction of sp³-hybridized carbons (Fsp3) is 0.111. The summed E-state index contributed by atoms with van der Waals surface area (Å²) < 4.78 is 1.79. The van der Waals surface area contributed by atoms with Crippen molar-refractivity contribution in [3.8, 4) is 0 Å². The molecule has 0 saturated carbocycles. The number of aromatic nitrogens is 1. The first-order valence-corrected chi connectivity index (χ1v) is 7.76. The molecule has 24 heavy (non-hydrogen) atoms. The quantitative estimate of drug-likeness (QED) is 0.766. The van der Waals surface area contributed by atoms with Crippen LogP contribution in [-0.4, -0.2) is 23.4 Å². The van der Waals surface area contributed by atoms with E-state index in [2.05, 4.69) is 10.6 Å². The van der Waals surface area contributed by atoms with Crippen LogP contribution in [0.4, 0.5) is 5.69 Å². The number of anilines is 1. The predicted molar refractivity (Wildman–Crippen MR) is 95.7 cm³/mol. The third-order valence-corrected chi connectivity index (χ3v) is 4.08. The summed E-state index contributed by atoms with van der Waals surface area (Å²) in [6, 6.07) is 14.1. The average molecular weight is 342 g/mol. The van der Waals surface area contributed by atoms with Crippen LogP contribution in [0.5, 0.6) is 0 Å². The Morgan fingerprint density at radius 2 is 1.83 bits per heavy atom. The molecule has 5 nitrogen and oxygen atoms in total. The lowest BCUT2D eigenvalue weighted by Gasteiger charge is -2.08. The first-order valence-electron chi connectivity index (χ1n) is 7.38. The lowest BCUT2D eigenvalue weighted by atomic mass is 10.2. The van der Waals surface area contributed by atoms with E-state index >= 15 is 0 Å². The lowest BCUT2D eigenvalue weighted by Crippen LogP contribution is -2.19. The van der Waals surface area contributed by atoms with Crippen LogP contribution in [-0.2, 0) is 7.05 Å². The molecule has 3 aromatic rings. The second-order valence-electron chi connectivity index (χ2n) is 5.41. The maximum absolute atomic E-state index is 12.6. The molecule has 0 aliphatic heterocycles.